The lowest BCUT2D eigenvalue weighted by Gasteiger charge is -2.12. The van der Waals surface area contributed by atoms with Gasteiger partial charge in [0.2, 0.25) is 0 Å². The number of halogens is 2. The van der Waals surface area contributed by atoms with E-state index in [0.29, 0.717) is 16.5 Å². The maximum Gasteiger partial charge on any atom is 0.127 e. The minimum Gasteiger partial charge on any atom is -0.550 e. The van der Waals surface area contributed by atoms with Crippen LogP contribution in [0, 0.1) is 0 Å². The molecule has 0 saturated carbocycles. The molecule has 0 radical (unpaired) electrons. The number of ether oxygens (including phenoxy) is 1. The third kappa shape index (κ3) is 5.16. The van der Waals surface area contributed by atoms with E-state index in [1.54, 1.807) is 29.5 Å². The van der Waals surface area contributed by atoms with Gasteiger partial charge in [0.05, 0.1) is 0 Å². The molecule has 4 rings (SSSR count). The number of carboxylic acid groups (broad SMARTS) is 1. The van der Waals surface area contributed by atoms with E-state index >= 15 is 0 Å². The van der Waals surface area contributed by atoms with Crippen LogP contribution < -0.4 is 9.84 Å². The predicted molar refractivity (Wildman–Crippen MR) is 129 cm³/mol. The predicted octanol–water partition coefficient (Wildman–Crippen LogP) is 6.65. The summed E-state index contributed by atoms with van der Waals surface area (Å²) < 4.78 is 6.11. The second-order valence-electron chi connectivity index (χ2n) is 7.21. The van der Waals surface area contributed by atoms with Gasteiger partial charge in [0, 0.05) is 32.0 Å². The van der Waals surface area contributed by atoms with Crippen LogP contribution in [0.4, 0.5) is 0 Å². The Balaban J connectivity index is 1.60. The zero-order valence-electron chi connectivity index (χ0n) is 17.0. The van der Waals surface area contributed by atoms with Crippen LogP contribution in [-0.4, -0.2) is 5.97 Å². The molecule has 0 amide bonds. The first kappa shape index (κ1) is 22.4. The highest BCUT2D eigenvalue weighted by Gasteiger charge is 2.13. The molecule has 32 heavy (non-hydrogen) atoms. The Labute approximate surface area is 200 Å². The topological polar surface area (TPSA) is 49.4 Å². The summed E-state index contributed by atoms with van der Waals surface area (Å²) >= 11 is 14.2. The van der Waals surface area contributed by atoms with Crippen LogP contribution in [0.3, 0.4) is 0 Å². The summed E-state index contributed by atoms with van der Waals surface area (Å²) in [7, 11) is 0. The van der Waals surface area contributed by atoms with Crippen LogP contribution in [0.2, 0.25) is 10.0 Å². The molecule has 0 bridgehead atoms. The third-order valence-electron chi connectivity index (χ3n) is 5.11. The molecule has 1 heterocycles. The number of carbonyl (C=O) groups excluding carboxylic acids is 1. The Hall–Kier alpha value is -2.79. The van der Waals surface area contributed by atoms with E-state index in [1.807, 2.05) is 48.5 Å². The van der Waals surface area contributed by atoms with Crippen molar-refractivity contribution in [2.24, 2.45) is 0 Å². The second kappa shape index (κ2) is 10.2. The third-order valence-corrected chi connectivity index (χ3v) is 6.78. The fourth-order valence-corrected chi connectivity index (χ4v) is 4.96. The minimum absolute atomic E-state index is 0.00345. The monoisotopic (exact) mass is 481 g/mol. The minimum atomic E-state index is -1.05. The van der Waals surface area contributed by atoms with E-state index in [0.717, 1.165) is 38.4 Å². The molecule has 0 saturated heterocycles. The first-order valence-corrected chi connectivity index (χ1v) is 11.7. The van der Waals surface area contributed by atoms with E-state index in [4.69, 9.17) is 27.9 Å². The van der Waals surface area contributed by atoms with Crippen molar-refractivity contribution in [3.63, 3.8) is 0 Å². The van der Waals surface area contributed by atoms with Crippen molar-refractivity contribution in [2.45, 2.75) is 19.4 Å². The molecule has 0 atom stereocenters. The Morgan fingerprint density at radius 2 is 1.59 bits per heavy atom. The highest BCUT2D eigenvalue weighted by Crippen LogP contribution is 2.38. The molecule has 0 aliphatic carbocycles. The molecule has 0 N–H and O–H groups in total. The van der Waals surface area contributed by atoms with Crippen molar-refractivity contribution < 1.29 is 14.6 Å². The number of hydrogen-bond acceptors (Lipinski definition) is 4. The van der Waals surface area contributed by atoms with Crippen molar-refractivity contribution in [3.05, 3.63) is 99.3 Å². The van der Waals surface area contributed by atoms with Gasteiger partial charge in [0.15, 0.2) is 0 Å². The molecule has 162 valence electrons. The molecule has 0 spiro atoms. The molecule has 3 aromatic carbocycles. The quantitative estimate of drug-likeness (QED) is 0.283. The second-order valence-corrected chi connectivity index (χ2v) is 8.94. The van der Waals surface area contributed by atoms with Crippen LogP contribution in [-0.2, 0) is 17.8 Å². The maximum atomic E-state index is 10.9. The number of aryl methyl sites for hydroxylation is 1. The van der Waals surface area contributed by atoms with Gasteiger partial charge in [0.1, 0.15) is 12.4 Å². The molecular weight excluding hydrogens is 463 g/mol. The van der Waals surface area contributed by atoms with E-state index in [1.165, 1.54) is 0 Å². The van der Waals surface area contributed by atoms with Crippen LogP contribution in [0.1, 0.15) is 17.5 Å². The molecular formula is C26H19Cl2O3S-. The number of para-hydroxylation sites is 1. The Morgan fingerprint density at radius 3 is 2.34 bits per heavy atom. The Bertz CT molecular complexity index is 1230. The van der Waals surface area contributed by atoms with Gasteiger partial charge in [-0.1, -0.05) is 71.7 Å². The smallest absolute Gasteiger partial charge is 0.127 e. The molecule has 1 aromatic heterocycles. The van der Waals surface area contributed by atoms with Crippen molar-refractivity contribution in [1.82, 2.24) is 0 Å². The lowest BCUT2D eigenvalue weighted by Crippen LogP contribution is -2.22. The van der Waals surface area contributed by atoms with Gasteiger partial charge in [-0.2, -0.15) is 0 Å². The lowest BCUT2D eigenvalue weighted by molar-refractivity contribution is -0.305. The average molecular weight is 482 g/mol. The molecule has 0 unspecified atom stereocenters. The largest absolute Gasteiger partial charge is 0.550 e. The summed E-state index contributed by atoms with van der Waals surface area (Å²) in [5.41, 5.74) is 4.76. The number of carboxylic acids is 1. The van der Waals surface area contributed by atoms with Crippen molar-refractivity contribution in [2.75, 3.05) is 0 Å². The first-order valence-electron chi connectivity index (χ1n) is 10.0. The number of benzene rings is 3. The van der Waals surface area contributed by atoms with Gasteiger partial charge in [-0.15, -0.1) is 11.3 Å². The van der Waals surface area contributed by atoms with Gasteiger partial charge in [-0.05, 0) is 59.2 Å². The molecule has 4 aromatic rings. The SMILES string of the molecule is O=C([O-])CCc1ccccc1-c1cc(-c2ccccc2OCc2c(Cl)cccc2Cl)cs1. The van der Waals surface area contributed by atoms with Gasteiger partial charge >= 0.3 is 0 Å². The van der Waals surface area contributed by atoms with Crippen LogP contribution in [0.25, 0.3) is 21.6 Å². The van der Waals surface area contributed by atoms with Crippen LogP contribution >= 0.6 is 34.5 Å². The van der Waals surface area contributed by atoms with E-state index in [9.17, 15) is 9.90 Å². The Kier molecular flexibility index (Phi) is 7.15. The lowest BCUT2D eigenvalue weighted by atomic mass is 10.0. The highest BCUT2D eigenvalue weighted by molar-refractivity contribution is 7.14. The van der Waals surface area contributed by atoms with Crippen LogP contribution in [0.15, 0.2) is 78.2 Å². The summed E-state index contributed by atoms with van der Waals surface area (Å²) in [5.74, 6) is -0.311. The number of carbonyl (C=O) groups is 1. The summed E-state index contributed by atoms with van der Waals surface area (Å²) in [6.45, 7) is 0.262. The maximum absolute atomic E-state index is 10.9. The summed E-state index contributed by atoms with van der Waals surface area (Å²) in [5, 5.41) is 14.1. The summed E-state index contributed by atoms with van der Waals surface area (Å²) in [4.78, 5) is 12.0. The summed E-state index contributed by atoms with van der Waals surface area (Å²) in [6.07, 6.45) is 0.431. The molecule has 6 heteroatoms. The average Bonchev–Trinajstić information content (AvgIpc) is 3.28. The zero-order valence-corrected chi connectivity index (χ0v) is 19.3. The van der Waals surface area contributed by atoms with Crippen LogP contribution in [0.5, 0.6) is 5.75 Å². The number of rotatable bonds is 8. The van der Waals surface area contributed by atoms with Gasteiger partial charge in [0.25, 0.3) is 0 Å². The standard InChI is InChI=1S/C26H20Cl2O3S/c27-22-9-5-10-23(28)21(22)15-31-24-11-4-3-7-19(24)18-14-25(32-16-18)20-8-2-1-6-17(20)12-13-26(29)30/h1-11,14,16H,12-13,15H2,(H,29,30)/p-1. The zero-order chi connectivity index (χ0) is 22.5. The molecule has 0 aliphatic heterocycles. The summed E-state index contributed by atoms with van der Waals surface area (Å²) in [6, 6.07) is 23.2. The Morgan fingerprint density at radius 1 is 0.906 bits per heavy atom. The van der Waals surface area contributed by atoms with Gasteiger partial charge in [-0.25, -0.2) is 0 Å². The fourth-order valence-electron chi connectivity index (χ4n) is 3.49. The molecule has 0 fully saturated rings. The van der Waals surface area contributed by atoms with Crippen molar-refractivity contribution >= 4 is 40.5 Å². The molecule has 3 nitrogen and oxygen atoms in total. The van der Waals surface area contributed by atoms with Crippen molar-refractivity contribution in [3.8, 4) is 27.3 Å². The normalized spacial score (nSPS) is 10.8. The van der Waals surface area contributed by atoms with Crippen molar-refractivity contribution in [1.29, 1.82) is 0 Å². The highest BCUT2D eigenvalue weighted by atomic mass is 35.5. The molecule has 0 aliphatic rings. The van der Waals surface area contributed by atoms with E-state index in [-0.39, 0.29) is 13.0 Å². The number of thiophene rings is 1. The van der Waals surface area contributed by atoms with E-state index in [2.05, 4.69) is 11.4 Å². The number of aliphatic carboxylic acids is 1. The van der Waals surface area contributed by atoms with E-state index < -0.39 is 5.97 Å². The van der Waals surface area contributed by atoms with Gasteiger partial charge < -0.3 is 14.6 Å². The number of hydrogen-bond donors (Lipinski definition) is 0. The van der Waals surface area contributed by atoms with Gasteiger partial charge in [-0.3, -0.25) is 0 Å². The fraction of sp³-hybridized carbons (Fsp3) is 0.115. The first-order chi connectivity index (χ1) is 15.5.